The summed E-state index contributed by atoms with van der Waals surface area (Å²) in [5, 5.41) is 6.04. The molecule has 4 rings (SSSR count). The van der Waals surface area contributed by atoms with Crippen molar-refractivity contribution in [3.63, 3.8) is 0 Å². The highest BCUT2D eigenvalue weighted by Crippen LogP contribution is 2.37. The summed E-state index contributed by atoms with van der Waals surface area (Å²) in [5.74, 6) is -1.31. The van der Waals surface area contributed by atoms with E-state index in [1.165, 1.54) is 0 Å². The Bertz CT molecular complexity index is 1450. The van der Waals surface area contributed by atoms with Gasteiger partial charge in [0.2, 0.25) is 17.6 Å². The van der Waals surface area contributed by atoms with Crippen molar-refractivity contribution in [2.45, 2.75) is 32.6 Å². The molecule has 0 radical (unpaired) electrons. The largest absolute Gasteiger partial charge is 0.449 e. The van der Waals surface area contributed by atoms with E-state index in [4.69, 9.17) is 4.42 Å². The third kappa shape index (κ3) is 6.96. The summed E-state index contributed by atoms with van der Waals surface area (Å²) in [6, 6.07) is 8.53. The van der Waals surface area contributed by atoms with Gasteiger partial charge in [-0.05, 0) is 70.5 Å². The van der Waals surface area contributed by atoms with Crippen LogP contribution < -0.4 is 10.6 Å². The third-order valence-electron chi connectivity index (χ3n) is 7.67. The number of anilines is 2. The minimum Gasteiger partial charge on any atom is -0.449 e. The number of nitrogens with one attached hydrogen (secondary N) is 2. The maximum atomic E-state index is 13.6. The van der Waals surface area contributed by atoms with E-state index in [0.717, 1.165) is 5.56 Å². The van der Waals surface area contributed by atoms with Gasteiger partial charge in [0.05, 0.1) is 10.9 Å². The van der Waals surface area contributed by atoms with Crippen LogP contribution in [-0.4, -0.2) is 91.6 Å². The van der Waals surface area contributed by atoms with Crippen LogP contribution in [0.4, 0.5) is 11.5 Å². The molecule has 0 spiro atoms. The SMILES string of the molecule is Cc1ccc(NC(=O)c2oc3cccc(C(=O)N(C)CCN(C)C)c3c2NC(=O)C2CCC(C(=O)N(C)C)CC2)nc1. The predicted octanol–water partition coefficient (Wildman–Crippen LogP) is 3.86. The number of pyridine rings is 1. The van der Waals surface area contributed by atoms with Gasteiger partial charge in [0.25, 0.3) is 11.8 Å². The van der Waals surface area contributed by atoms with Gasteiger partial charge in [0.15, 0.2) is 0 Å². The summed E-state index contributed by atoms with van der Waals surface area (Å²) in [6.07, 6.45) is 3.93. The Labute approximate surface area is 246 Å². The number of rotatable bonds is 9. The molecule has 224 valence electrons. The van der Waals surface area contributed by atoms with Gasteiger partial charge < -0.3 is 29.8 Å². The Morgan fingerprint density at radius 2 is 1.60 bits per heavy atom. The maximum Gasteiger partial charge on any atom is 0.294 e. The fourth-order valence-corrected chi connectivity index (χ4v) is 5.17. The molecule has 0 bridgehead atoms. The van der Waals surface area contributed by atoms with Crippen molar-refractivity contribution in [2.75, 3.05) is 59.0 Å². The summed E-state index contributed by atoms with van der Waals surface area (Å²) in [5.41, 5.74) is 1.71. The molecule has 11 heteroatoms. The van der Waals surface area contributed by atoms with E-state index in [2.05, 4.69) is 15.6 Å². The van der Waals surface area contributed by atoms with Crippen LogP contribution in [0.2, 0.25) is 0 Å². The lowest BCUT2D eigenvalue weighted by Gasteiger charge is -2.28. The molecule has 2 N–H and O–H groups in total. The molecular weight excluding hydrogens is 536 g/mol. The second kappa shape index (κ2) is 13.2. The van der Waals surface area contributed by atoms with E-state index < -0.39 is 5.91 Å². The second-order valence-corrected chi connectivity index (χ2v) is 11.5. The van der Waals surface area contributed by atoms with E-state index in [1.54, 1.807) is 61.4 Å². The fourth-order valence-electron chi connectivity index (χ4n) is 5.17. The number of aromatic nitrogens is 1. The number of carbonyl (C=O) groups excluding carboxylic acids is 4. The van der Waals surface area contributed by atoms with Gasteiger partial charge in [-0.3, -0.25) is 19.2 Å². The molecule has 3 aromatic rings. The monoisotopic (exact) mass is 576 g/mol. The quantitative estimate of drug-likeness (QED) is 0.396. The average Bonchev–Trinajstić information content (AvgIpc) is 3.34. The number of fused-ring (bicyclic) bond motifs is 1. The van der Waals surface area contributed by atoms with Crippen molar-refractivity contribution >= 4 is 46.1 Å². The van der Waals surface area contributed by atoms with Gasteiger partial charge in [0.1, 0.15) is 17.1 Å². The molecule has 0 unspecified atom stereocenters. The highest BCUT2D eigenvalue weighted by atomic mass is 16.3. The molecule has 2 heterocycles. The number of benzene rings is 1. The molecule has 11 nitrogen and oxygen atoms in total. The van der Waals surface area contributed by atoms with Gasteiger partial charge in [0, 0.05) is 52.3 Å². The Morgan fingerprint density at radius 3 is 2.21 bits per heavy atom. The molecule has 2 aromatic heterocycles. The second-order valence-electron chi connectivity index (χ2n) is 11.5. The highest BCUT2D eigenvalue weighted by Gasteiger charge is 2.33. The van der Waals surface area contributed by atoms with E-state index in [1.807, 2.05) is 32.0 Å². The van der Waals surface area contributed by atoms with Crippen LogP contribution in [0.25, 0.3) is 11.0 Å². The van der Waals surface area contributed by atoms with E-state index in [0.29, 0.717) is 61.1 Å². The van der Waals surface area contributed by atoms with Crippen LogP contribution in [0.3, 0.4) is 0 Å². The summed E-state index contributed by atoms with van der Waals surface area (Å²) >= 11 is 0. The topological polar surface area (TPSA) is 128 Å². The van der Waals surface area contributed by atoms with Crippen LogP contribution >= 0.6 is 0 Å². The molecule has 1 saturated carbocycles. The first kappa shape index (κ1) is 30.7. The number of furan rings is 1. The molecular formula is C31H40N6O5. The number of hydrogen-bond donors (Lipinski definition) is 2. The highest BCUT2D eigenvalue weighted by molar-refractivity contribution is 6.19. The first-order valence-electron chi connectivity index (χ1n) is 14.2. The van der Waals surface area contributed by atoms with Crippen LogP contribution in [0.1, 0.15) is 52.2 Å². The first-order valence-corrected chi connectivity index (χ1v) is 14.2. The van der Waals surface area contributed by atoms with Crippen LogP contribution in [0, 0.1) is 18.8 Å². The number of carbonyl (C=O) groups is 4. The Hall–Kier alpha value is -4.25. The number of amides is 4. The van der Waals surface area contributed by atoms with Crippen molar-refractivity contribution in [3.05, 3.63) is 53.4 Å². The Kier molecular flexibility index (Phi) is 9.62. The number of likely N-dealkylation sites (N-methyl/N-ethyl adjacent to an activating group) is 2. The predicted molar refractivity (Wildman–Crippen MR) is 161 cm³/mol. The van der Waals surface area contributed by atoms with Gasteiger partial charge >= 0.3 is 0 Å². The van der Waals surface area contributed by atoms with E-state index in [-0.39, 0.29) is 41.0 Å². The maximum absolute atomic E-state index is 13.6. The first-order chi connectivity index (χ1) is 20.0. The molecule has 1 aliphatic rings. The molecule has 1 fully saturated rings. The summed E-state index contributed by atoms with van der Waals surface area (Å²) in [7, 11) is 9.05. The van der Waals surface area contributed by atoms with Crippen LogP contribution in [0.5, 0.6) is 0 Å². The van der Waals surface area contributed by atoms with E-state index >= 15 is 0 Å². The molecule has 0 atom stereocenters. The lowest BCUT2D eigenvalue weighted by molar-refractivity contribution is -0.135. The zero-order chi connectivity index (χ0) is 30.6. The molecule has 0 aliphatic heterocycles. The normalized spacial score (nSPS) is 16.7. The molecule has 42 heavy (non-hydrogen) atoms. The number of nitrogens with zero attached hydrogens (tertiary/aromatic N) is 4. The Balaban J connectivity index is 1.67. The van der Waals surface area contributed by atoms with Gasteiger partial charge in [-0.25, -0.2) is 4.98 Å². The van der Waals surface area contributed by atoms with Gasteiger partial charge in [-0.1, -0.05) is 12.1 Å². The fraction of sp³-hybridized carbons (Fsp3) is 0.452. The lowest BCUT2D eigenvalue weighted by Crippen LogP contribution is -2.35. The van der Waals surface area contributed by atoms with Crippen LogP contribution in [-0.2, 0) is 9.59 Å². The van der Waals surface area contributed by atoms with Gasteiger partial charge in [-0.15, -0.1) is 0 Å². The van der Waals surface area contributed by atoms with Crippen molar-refractivity contribution in [1.82, 2.24) is 19.7 Å². The van der Waals surface area contributed by atoms with Crippen LogP contribution in [0.15, 0.2) is 40.9 Å². The minimum atomic E-state index is -0.600. The lowest BCUT2D eigenvalue weighted by atomic mass is 9.81. The smallest absolute Gasteiger partial charge is 0.294 e. The van der Waals surface area contributed by atoms with Crippen molar-refractivity contribution in [2.24, 2.45) is 11.8 Å². The Morgan fingerprint density at radius 1 is 0.905 bits per heavy atom. The number of hydrogen-bond acceptors (Lipinski definition) is 7. The van der Waals surface area contributed by atoms with Gasteiger partial charge in [-0.2, -0.15) is 0 Å². The standard InChI is InChI=1S/C31H40N6O5/c1-19-10-15-24(32-18-19)33-29(39)27-26(34-28(38)20-11-13-21(14-12-20)30(40)36(4)5)25-22(8-7-9-23(25)42-27)31(41)37(6)17-16-35(2)3/h7-10,15,18,20-21H,11-14,16-17H2,1-6H3,(H,34,38)(H,32,33,39). The van der Waals surface area contributed by atoms with Crippen molar-refractivity contribution < 1.29 is 23.6 Å². The summed E-state index contributed by atoms with van der Waals surface area (Å²) in [4.78, 5) is 62.5. The van der Waals surface area contributed by atoms with E-state index in [9.17, 15) is 19.2 Å². The molecule has 1 aliphatic carbocycles. The minimum absolute atomic E-state index is 0.0694. The number of aryl methyl sites for hydroxylation is 1. The zero-order valence-corrected chi connectivity index (χ0v) is 25.2. The van der Waals surface area contributed by atoms with Crippen molar-refractivity contribution in [1.29, 1.82) is 0 Å². The summed E-state index contributed by atoms with van der Waals surface area (Å²) < 4.78 is 6.01. The average molecular weight is 577 g/mol. The molecule has 1 aromatic carbocycles. The third-order valence-corrected chi connectivity index (χ3v) is 7.67. The molecule has 0 saturated heterocycles. The zero-order valence-electron chi connectivity index (χ0n) is 25.2. The van der Waals surface area contributed by atoms with Crippen molar-refractivity contribution in [3.8, 4) is 0 Å². The molecule has 4 amide bonds. The summed E-state index contributed by atoms with van der Waals surface area (Å²) in [6.45, 7) is 3.05.